The maximum atomic E-state index is 13.6. The van der Waals surface area contributed by atoms with Crippen LogP contribution in [0.5, 0.6) is 0 Å². The fourth-order valence-corrected chi connectivity index (χ4v) is 3.74. The minimum absolute atomic E-state index is 0.0419. The van der Waals surface area contributed by atoms with E-state index in [0.29, 0.717) is 5.02 Å². The van der Waals surface area contributed by atoms with Crippen LogP contribution in [0.2, 0.25) is 5.02 Å². The summed E-state index contributed by atoms with van der Waals surface area (Å²) < 4.78 is 13.6. The monoisotopic (exact) mass is 310 g/mol. The highest BCUT2D eigenvalue weighted by Gasteiger charge is 2.26. The zero-order valence-corrected chi connectivity index (χ0v) is 12.6. The molecule has 1 atom stereocenters. The average Bonchev–Trinajstić information content (AvgIpc) is 2.98. The van der Waals surface area contributed by atoms with E-state index in [1.807, 2.05) is 6.07 Å². The molecule has 0 spiro atoms. The summed E-state index contributed by atoms with van der Waals surface area (Å²) in [6.45, 7) is 3.79. The summed E-state index contributed by atoms with van der Waals surface area (Å²) in [7, 11) is 0. The second-order valence-corrected chi connectivity index (χ2v) is 6.26. The van der Waals surface area contributed by atoms with Gasteiger partial charge >= 0.3 is 0 Å². The molecular weight excluding hydrogens is 295 g/mol. The number of thiophene rings is 1. The number of hydrogen-bond acceptors (Lipinski definition) is 3. The van der Waals surface area contributed by atoms with Gasteiger partial charge in [-0.2, -0.15) is 0 Å². The molecule has 0 unspecified atom stereocenters. The largest absolute Gasteiger partial charge is 0.314 e. The first kappa shape index (κ1) is 14.0. The van der Waals surface area contributed by atoms with Crippen LogP contribution in [0.3, 0.4) is 0 Å². The third-order valence-corrected chi connectivity index (χ3v) is 4.85. The Kier molecular flexibility index (Phi) is 4.36. The third-order valence-electron chi connectivity index (χ3n) is 3.58. The molecule has 0 amide bonds. The molecule has 0 aliphatic carbocycles. The molecule has 2 nitrogen and oxygen atoms in total. The summed E-state index contributed by atoms with van der Waals surface area (Å²) in [4.78, 5) is 3.57. The van der Waals surface area contributed by atoms with Crippen molar-refractivity contribution in [1.29, 1.82) is 0 Å². The van der Waals surface area contributed by atoms with Gasteiger partial charge in [0.2, 0.25) is 0 Å². The molecule has 1 aromatic carbocycles. The molecule has 1 aliphatic heterocycles. The van der Waals surface area contributed by atoms with Crippen LogP contribution in [0.1, 0.15) is 16.5 Å². The number of nitrogens with zero attached hydrogens (tertiary/aromatic N) is 1. The lowest BCUT2D eigenvalue weighted by Crippen LogP contribution is -2.45. The molecule has 20 heavy (non-hydrogen) atoms. The Morgan fingerprint density at radius 2 is 2.05 bits per heavy atom. The highest BCUT2D eigenvalue weighted by atomic mass is 35.5. The second kappa shape index (κ2) is 6.22. The lowest BCUT2D eigenvalue weighted by atomic mass is 10.0. The van der Waals surface area contributed by atoms with Gasteiger partial charge < -0.3 is 5.32 Å². The zero-order valence-electron chi connectivity index (χ0n) is 11.0. The SMILES string of the molecule is Fc1ccc(Cl)c([C@H](c2cccs2)N2CCNCC2)c1. The van der Waals surface area contributed by atoms with Gasteiger partial charge in [-0.15, -0.1) is 11.3 Å². The van der Waals surface area contributed by atoms with Crippen LogP contribution in [-0.2, 0) is 0 Å². The highest BCUT2D eigenvalue weighted by molar-refractivity contribution is 7.10. The summed E-state index contributed by atoms with van der Waals surface area (Å²) in [6.07, 6.45) is 0. The first-order valence-electron chi connectivity index (χ1n) is 6.69. The molecule has 3 rings (SSSR count). The second-order valence-electron chi connectivity index (χ2n) is 4.87. The van der Waals surface area contributed by atoms with E-state index in [2.05, 4.69) is 21.7 Å². The summed E-state index contributed by atoms with van der Waals surface area (Å²) in [5.74, 6) is -0.235. The molecular formula is C15H16ClFN2S. The molecule has 106 valence electrons. The Bertz CT molecular complexity index is 567. The fraction of sp³-hybridized carbons (Fsp3) is 0.333. The van der Waals surface area contributed by atoms with E-state index in [-0.39, 0.29) is 11.9 Å². The van der Waals surface area contributed by atoms with Gasteiger partial charge in [-0.05, 0) is 35.2 Å². The van der Waals surface area contributed by atoms with Crippen molar-refractivity contribution in [2.45, 2.75) is 6.04 Å². The van der Waals surface area contributed by atoms with Crippen molar-refractivity contribution in [3.05, 3.63) is 57.0 Å². The van der Waals surface area contributed by atoms with Crippen molar-refractivity contribution < 1.29 is 4.39 Å². The fourth-order valence-electron chi connectivity index (χ4n) is 2.64. The molecule has 5 heteroatoms. The van der Waals surface area contributed by atoms with Crippen molar-refractivity contribution in [1.82, 2.24) is 10.2 Å². The molecule has 1 aromatic heterocycles. The lowest BCUT2D eigenvalue weighted by Gasteiger charge is -2.35. The molecule has 1 saturated heterocycles. The number of hydrogen-bond donors (Lipinski definition) is 1. The molecule has 0 saturated carbocycles. The Hall–Kier alpha value is -0.940. The Labute approximate surface area is 127 Å². The molecule has 2 heterocycles. The van der Waals surface area contributed by atoms with E-state index in [4.69, 9.17) is 11.6 Å². The van der Waals surface area contributed by atoms with E-state index in [1.54, 1.807) is 23.5 Å². The van der Waals surface area contributed by atoms with Crippen LogP contribution in [0.15, 0.2) is 35.7 Å². The number of benzene rings is 1. The quantitative estimate of drug-likeness (QED) is 0.933. The molecule has 0 bridgehead atoms. The predicted octanol–water partition coefficient (Wildman–Crippen LogP) is 3.54. The van der Waals surface area contributed by atoms with Crippen LogP contribution >= 0.6 is 22.9 Å². The van der Waals surface area contributed by atoms with Gasteiger partial charge in [0, 0.05) is 36.1 Å². The van der Waals surface area contributed by atoms with Gasteiger partial charge in [0.15, 0.2) is 0 Å². The van der Waals surface area contributed by atoms with Gasteiger partial charge in [0.1, 0.15) is 5.82 Å². The van der Waals surface area contributed by atoms with Crippen molar-refractivity contribution in [3.8, 4) is 0 Å². The minimum atomic E-state index is -0.235. The van der Waals surface area contributed by atoms with Crippen molar-refractivity contribution in [3.63, 3.8) is 0 Å². The summed E-state index contributed by atoms with van der Waals surface area (Å²) in [6, 6.07) is 8.79. The predicted molar refractivity (Wildman–Crippen MR) is 82.0 cm³/mol. The van der Waals surface area contributed by atoms with Crippen molar-refractivity contribution >= 4 is 22.9 Å². The van der Waals surface area contributed by atoms with Gasteiger partial charge in [0.25, 0.3) is 0 Å². The normalized spacial score (nSPS) is 18.1. The first-order valence-corrected chi connectivity index (χ1v) is 7.94. The van der Waals surface area contributed by atoms with Crippen LogP contribution in [0.25, 0.3) is 0 Å². The van der Waals surface area contributed by atoms with E-state index >= 15 is 0 Å². The zero-order chi connectivity index (χ0) is 13.9. The first-order chi connectivity index (χ1) is 9.75. The van der Waals surface area contributed by atoms with Gasteiger partial charge in [-0.25, -0.2) is 4.39 Å². The molecule has 1 N–H and O–H groups in total. The minimum Gasteiger partial charge on any atom is -0.314 e. The van der Waals surface area contributed by atoms with Crippen LogP contribution in [-0.4, -0.2) is 31.1 Å². The lowest BCUT2D eigenvalue weighted by molar-refractivity contribution is 0.200. The molecule has 1 fully saturated rings. The van der Waals surface area contributed by atoms with Gasteiger partial charge in [-0.3, -0.25) is 4.90 Å². The maximum absolute atomic E-state index is 13.6. The smallest absolute Gasteiger partial charge is 0.123 e. The molecule has 0 radical (unpaired) electrons. The summed E-state index contributed by atoms with van der Waals surface area (Å²) in [5.41, 5.74) is 0.857. The van der Waals surface area contributed by atoms with E-state index in [9.17, 15) is 4.39 Å². The molecule has 1 aliphatic rings. The van der Waals surface area contributed by atoms with Crippen molar-refractivity contribution in [2.75, 3.05) is 26.2 Å². The maximum Gasteiger partial charge on any atom is 0.123 e. The number of halogens is 2. The summed E-state index contributed by atoms with van der Waals surface area (Å²) in [5, 5.41) is 6.03. The van der Waals surface area contributed by atoms with Crippen molar-refractivity contribution in [2.24, 2.45) is 0 Å². The topological polar surface area (TPSA) is 15.3 Å². The average molecular weight is 311 g/mol. The summed E-state index contributed by atoms with van der Waals surface area (Å²) >= 11 is 8.01. The Morgan fingerprint density at radius 1 is 1.25 bits per heavy atom. The standard InChI is InChI=1S/C15H16ClFN2S/c16-13-4-3-11(17)10-12(13)15(14-2-1-9-20-14)19-7-5-18-6-8-19/h1-4,9-10,15,18H,5-8H2/t15-/m1/s1. The molecule has 2 aromatic rings. The van der Waals surface area contributed by atoms with Gasteiger partial charge in [0.05, 0.1) is 6.04 Å². The van der Waals surface area contributed by atoms with E-state index in [0.717, 1.165) is 31.7 Å². The highest BCUT2D eigenvalue weighted by Crippen LogP contribution is 2.36. The van der Waals surface area contributed by atoms with E-state index < -0.39 is 0 Å². The number of rotatable bonds is 3. The third kappa shape index (κ3) is 2.88. The van der Waals surface area contributed by atoms with Crippen LogP contribution in [0, 0.1) is 5.82 Å². The Morgan fingerprint density at radius 3 is 2.75 bits per heavy atom. The van der Waals surface area contributed by atoms with Crippen LogP contribution in [0.4, 0.5) is 4.39 Å². The number of piperazine rings is 1. The van der Waals surface area contributed by atoms with Gasteiger partial charge in [-0.1, -0.05) is 17.7 Å². The van der Waals surface area contributed by atoms with E-state index in [1.165, 1.54) is 10.9 Å². The van der Waals surface area contributed by atoms with Crippen LogP contribution < -0.4 is 5.32 Å². The number of nitrogens with one attached hydrogen (secondary N) is 1. The Balaban J connectivity index is 2.02.